The Labute approximate surface area is 384 Å². The van der Waals surface area contributed by atoms with Crippen LogP contribution in [0.25, 0.3) is 77.6 Å². The number of benzene rings is 10. The number of fused-ring (bicyclic) bond motifs is 18. The second-order valence-electron chi connectivity index (χ2n) is 18.8. The molecule has 14 rings (SSSR count). The standard InChI is InChI=1S/C64H43NO/c1-63(2)55-24-12-8-21-48(55)51-35-33-43(36-58(51)63)65(42-30-28-41(29-31-42)40-16-4-3-5-17-40)44-32-34-50-46-19-7-6-18-45(46)47-20-9-13-25-56(47)64(59(50)37-44)57-26-14-10-22-49(57)53-38-54-52-23-11-15-27-61(52)66-62(54)39-60(53)64/h3-39H,1-2H3. The number of hydrogen-bond donors (Lipinski definition) is 0. The third-order valence-electron chi connectivity index (χ3n) is 15.1. The second kappa shape index (κ2) is 13.7. The van der Waals surface area contributed by atoms with Gasteiger partial charge in [-0.1, -0.05) is 184 Å². The molecule has 1 unspecified atom stereocenters. The van der Waals surface area contributed by atoms with Crippen molar-refractivity contribution in [3.05, 3.63) is 258 Å². The lowest BCUT2D eigenvalue weighted by Crippen LogP contribution is -2.29. The van der Waals surface area contributed by atoms with Crippen LogP contribution in [-0.2, 0) is 10.8 Å². The summed E-state index contributed by atoms with van der Waals surface area (Å²) in [4.78, 5) is 2.48. The third-order valence-corrected chi connectivity index (χ3v) is 15.1. The monoisotopic (exact) mass is 841 g/mol. The Balaban J connectivity index is 1.07. The molecule has 1 spiro atoms. The highest BCUT2D eigenvalue weighted by atomic mass is 16.3. The van der Waals surface area contributed by atoms with Gasteiger partial charge in [0.15, 0.2) is 0 Å². The average Bonchev–Trinajstić information content (AvgIpc) is 3.93. The van der Waals surface area contributed by atoms with E-state index in [9.17, 15) is 0 Å². The molecule has 2 heteroatoms. The van der Waals surface area contributed by atoms with E-state index in [-0.39, 0.29) is 5.41 Å². The van der Waals surface area contributed by atoms with Crippen LogP contribution in [0.4, 0.5) is 17.1 Å². The summed E-state index contributed by atoms with van der Waals surface area (Å²) in [6.07, 6.45) is 0. The Hall–Kier alpha value is -8.20. The maximum Gasteiger partial charge on any atom is 0.135 e. The first-order chi connectivity index (χ1) is 32.5. The van der Waals surface area contributed by atoms with Crippen LogP contribution < -0.4 is 4.90 Å². The predicted molar refractivity (Wildman–Crippen MR) is 273 cm³/mol. The molecule has 3 aliphatic rings. The minimum atomic E-state index is -0.690. The molecule has 0 amide bonds. The minimum Gasteiger partial charge on any atom is -0.456 e. The first-order valence-electron chi connectivity index (χ1n) is 23.1. The van der Waals surface area contributed by atoms with Crippen molar-refractivity contribution in [2.75, 3.05) is 4.90 Å². The van der Waals surface area contributed by atoms with Gasteiger partial charge in [0, 0.05) is 33.2 Å². The largest absolute Gasteiger partial charge is 0.456 e. The van der Waals surface area contributed by atoms with Gasteiger partial charge in [0.25, 0.3) is 0 Å². The van der Waals surface area contributed by atoms with Crippen LogP contribution in [0.1, 0.15) is 47.2 Å². The highest BCUT2D eigenvalue weighted by Gasteiger charge is 2.50. The molecular formula is C64H43NO. The molecule has 0 saturated carbocycles. The number of anilines is 3. The Morgan fingerprint density at radius 2 is 0.773 bits per heavy atom. The fourth-order valence-electron chi connectivity index (χ4n) is 12.1. The quantitative estimate of drug-likeness (QED) is 0.176. The smallest absolute Gasteiger partial charge is 0.135 e. The van der Waals surface area contributed by atoms with Crippen LogP contribution in [0, 0.1) is 0 Å². The van der Waals surface area contributed by atoms with Crippen LogP contribution in [-0.4, -0.2) is 0 Å². The Morgan fingerprint density at radius 1 is 0.303 bits per heavy atom. The molecule has 0 aliphatic heterocycles. The molecule has 3 aliphatic carbocycles. The van der Waals surface area contributed by atoms with Gasteiger partial charge < -0.3 is 9.32 Å². The Kier molecular flexibility index (Phi) is 7.70. The highest BCUT2D eigenvalue weighted by Crippen LogP contribution is 2.63. The summed E-state index contributed by atoms with van der Waals surface area (Å²) in [5.74, 6) is 0. The molecule has 0 fully saturated rings. The summed E-state index contributed by atoms with van der Waals surface area (Å²) >= 11 is 0. The SMILES string of the molecule is CC1(C)c2ccccc2-c2ccc(N(c3ccc(-c4ccccc4)cc3)c3ccc4c(c3)C3(c5ccccc5-c5ccccc5-4)c4ccccc4-c4cc5c(cc43)oc3ccccc35)cc21. The number of furan rings is 1. The van der Waals surface area contributed by atoms with Crippen molar-refractivity contribution >= 4 is 39.0 Å². The van der Waals surface area contributed by atoms with E-state index >= 15 is 0 Å². The van der Waals surface area contributed by atoms with Gasteiger partial charge >= 0.3 is 0 Å². The minimum absolute atomic E-state index is 0.157. The van der Waals surface area contributed by atoms with Gasteiger partial charge in [0.2, 0.25) is 0 Å². The number of para-hydroxylation sites is 1. The van der Waals surface area contributed by atoms with Crippen LogP contribution in [0.3, 0.4) is 0 Å². The van der Waals surface area contributed by atoms with Gasteiger partial charge in [0.1, 0.15) is 11.2 Å². The first-order valence-corrected chi connectivity index (χ1v) is 23.1. The van der Waals surface area contributed by atoms with E-state index in [4.69, 9.17) is 4.42 Å². The van der Waals surface area contributed by atoms with E-state index in [1.807, 2.05) is 0 Å². The summed E-state index contributed by atoms with van der Waals surface area (Å²) in [6, 6.07) is 83.6. The van der Waals surface area contributed by atoms with Gasteiger partial charge in [-0.05, 0) is 144 Å². The van der Waals surface area contributed by atoms with E-state index < -0.39 is 5.41 Å². The van der Waals surface area contributed by atoms with Gasteiger partial charge in [-0.15, -0.1) is 0 Å². The normalized spacial score (nSPS) is 15.6. The highest BCUT2D eigenvalue weighted by molar-refractivity contribution is 6.09. The van der Waals surface area contributed by atoms with E-state index in [1.54, 1.807) is 0 Å². The lowest BCUT2D eigenvalue weighted by molar-refractivity contribution is 0.660. The molecule has 66 heavy (non-hydrogen) atoms. The fourth-order valence-corrected chi connectivity index (χ4v) is 12.1. The van der Waals surface area contributed by atoms with Crippen molar-refractivity contribution in [1.29, 1.82) is 0 Å². The zero-order valence-electron chi connectivity index (χ0n) is 36.7. The molecule has 11 aromatic rings. The molecule has 0 saturated heterocycles. The van der Waals surface area contributed by atoms with Crippen LogP contribution in [0.2, 0.25) is 0 Å². The number of nitrogens with zero attached hydrogens (tertiary/aromatic N) is 1. The van der Waals surface area contributed by atoms with Gasteiger partial charge in [-0.2, -0.15) is 0 Å². The summed E-state index contributed by atoms with van der Waals surface area (Å²) in [5, 5.41) is 2.28. The van der Waals surface area contributed by atoms with Crippen molar-refractivity contribution in [1.82, 2.24) is 0 Å². The zero-order valence-corrected chi connectivity index (χ0v) is 36.7. The molecule has 1 heterocycles. The molecule has 10 aromatic carbocycles. The second-order valence-corrected chi connectivity index (χ2v) is 18.8. The predicted octanol–water partition coefficient (Wildman–Crippen LogP) is 17.0. The van der Waals surface area contributed by atoms with Crippen molar-refractivity contribution in [2.45, 2.75) is 24.7 Å². The van der Waals surface area contributed by atoms with Gasteiger partial charge in [-0.3, -0.25) is 0 Å². The molecule has 0 radical (unpaired) electrons. The Bertz CT molecular complexity index is 3800. The maximum absolute atomic E-state index is 6.77. The van der Waals surface area contributed by atoms with Gasteiger partial charge in [0.05, 0.1) is 5.41 Å². The molecule has 0 N–H and O–H groups in total. The zero-order chi connectivity index (χ0) is 43.7. The molecule has 0 bridgehead atoms. The maximum atomic E-state index is 6.77. The summed E-state index contributed by atoms with van der Waals surface area (Å²) in [5.41, 5.74) is 24.5. The fraction of sp³-hybridized carbons (Fsp3) is 0.0625. The number of rotatable bonds is 4. The van der Waals surface area contributed by atoms with Gasteiger partial charge in [-0.25, -0.2) is 0 Å². The molecule has 1 aromatic heterocycles. The lowest BCUT2D eigenvalue weighted by Gasteiger charge is -2.36. The van der Waals surface area contributed by atoms with E-state index in [1.165, 1.54) is 89.0 Å². The van der Waals surface area contributed by atoms with E-state index in [0.717, 1.165) is 39.0 Å². The molecule has 2 nitrogen and oxygen atoms in total. The average molecular weight is 842 g/mol. The molecular weight excluding hydrogens is 799 g/mol. The summed E-state index contributed by atoms with van der Waals surface area (Å²) < 4.78 is 6.77. The summed E-state index contributed by atoms with van der Waals surface area (Å²) in [7, 11) is 0. The first kappa shape index (κ1) is 37.2. The summed E-state index contributed by atoms with van der Waals surface area (Å²) in [6.45, 7) is 4.74. The van der Waals surface area contributed by atoms with E-state index in [2.05, 4.69) is 243 Å². The van der Waals surface area contributed by atoms with Crippen molar-refractivity contribution in [3.8, 4) is 55.6 Å². The Morgan fingerprint density at radius 3 is 1.45 bits per heavy atom. The number of hydrogen-bond acceptors (Lipinski definition) is 2. The third kappa shape index (κ3) is 5.01. The van der Waals surface area contributed by atoms with Crippen molar-refractivity contribution in [2.24, 2.45) is 0 Å². The van der Waals surface area contributed by atoms with Crippen LogP contribution >= 0.6 is 0 Å². The van der Waals surface area contributed by atoms with Crippen LogP contribution in [0.5, 0.6) is 0 Å². The molecule has 310 valence electrons. The van der Waals surface area contributed by atoms with Crippen molar-refractivity contribution < 1.29 is 4.42 Å². The van der Waals surface area contributed by atoms with Crippen molar-refractivity contribution in [3.63, 3.8) is 0 Å². The van der Waals surface area contributed by atoms with E-state index in [0.29, 0.717) is 0 Å². The van der Waals surface area contributed by atoms with Crippen LogP contribution in [0.15, 0.2) is 229 Å². The molecule has 1 atom stereocenters. The topological polar surface area (TPSA) is 16.4 Å². The lowest BCUT2D eigenvalue weighted by atomic mass is 9.65.